The number of nitrogens with zero attached hydrogens (tertiary/aromatic N) is 1. The molecule has 30 heavy (non-hydrogen) atoms. The van der Waals surface area contributed by atoms with E-state index in [1.54, 1.807) is 6.07 Å². The second-order valence-corrected chi connectivity index (χ2v) is 7.94. The summed E-state index contributed by atoms with van der Waals surface area (Å²) in [5, 5.41) is 14.3. The van der Waals surface area contributed by atoms with E-state index in [9.17, 15) is 14.7 Å². The van der Waals surface area contributed by atoms with Crippen molar-refractivity contribution in [3.63, 3.8) is 0 Å². The van der Waals surface area contributed by atoms with Crippen LogP contribution in [0.15, 0.2) is 52.1 Å². The number of H-pyrrole nitrogens is 2. The lowest BCUT2D eigenvalue weighted by atomic mass is 9.95. The Balaban J connectivity index is 1.76. The van der Waals surface area contributed by atoms with E-state index in [4.69, 9.17) is 0 Å². The fourth-order valence-electron chi connectivity index (χ4n) is 4.63. The number of hydrogen-bond donors (Lipinski definition) is 4. The molecule has 0 saturated heterocycles. The lowest BCUT2D eigenvalue weighted by molar-refractivity contribution is -0.690. The molecule has 2 aromatic carbocycles. The van der Waals surface area contributed by atoms with Crippen LogP contribution in [0, 0.1) is 13.8 Å². The maximum atomic E-state index is 12.8. The van der Waals surface area contributed by atoms with Crippen LogP contribution in [0.4, 0.5) is 0 Å². The van der Waals surface area contributed by atoms with Crippen molar-refractivity contribution in [2.45, 2.75) is 26.3 Å². The van der Waals surface area contributed by atoms with Crippen molar-refractivity contribution in [2.24, 2.45) is 0 Å². The first-order valence-corrected chi connectivity index (χ1v) is 10.0. The second kappa shape index (κ2) is 6.74. The molecule has 4 aromatic rings. The minimum atomic E-state index is -0.652. The molecular formula is C23H23N4O3+. The standard InChI is InChI=1S/C23H22N4O3/c1-12-7-8-17(13(2)11-12)27-22(29)18(21(28)26-23(27)30)20-19-15(9-10-24-20)14-5-3-4-6-16(14)25-19/h3-8,11,20,24-25,29H,9-10H2,1-2H3,(H,26,28,30)/p+1/t20-/m0/s1. The number of rotatable bonds is 2. The molecule has 0 fully saturated rings. The van der Waals surface area contributed by atoms with E-state index in [1.807, 2.05) is 49.5 Å². The van der Waals surface area contributed by atoms with Gasteiger partial charge in [-0.05, 0) is 37.1 Å². The van der Waals surface area contributed by atoms with Gasteiger partial charge in [-0.2, -0.15) is 0 Å². The van der Waals surface area contributed by atoms with Crippen molar-refractivity contribution < 1.29 is 10.4 Å². The molecule has 0 spiro atoms. The van der Waals surface area contributed by atoms with E-state index in [2.05, 4.69) is 16.0 Å². The molecule has 0 amide bonds. The molecule has 0 aliphatic carbocycles. The van der Waals surface area contributed by atoms with Gasteiger partial charge in [0, 0.05) is 17.3 Å². The van der Waals surface area contributed by atoms with Crippen molar-refractivity contribution in [3.05, 3.63) is 91.3 Å². The normalized spacial score (nSPS) is 16.0. The van der Waals surface area contributed by atoms with E-state index in [-0.39, 0.29) is 11.4 Å². The SMILES string of the molecule is Cc1ccc(-n2c(O)c([C@@H]3[NH2+]CCc4c3[nH]c3ccccc43)c(=O)[nH]c2=O)c(C)c1. The summed E-state index contributed by atoms with van der Waals surface area (Å²) in [6.07, 6.45) is 0.866. The first-order chi connectivity index (χ1) is 14.5. The second-order valence-electron chi connectivity index (χ2n) is 7.94. The zero-order valence-electron chi connectivity index (χ0n) is 16.8. The molecule has 0 unspecified atom stereocenters. The molecule has 0 radical (unpaired) electrons. The topological polar surface area (TPSA) is 107 Å². The Morgan fingerprint density at radius 1 is 1.10 bits per heavy atom. The van der Waals surface area contributed by atoms with Crippen LogP contribution in [-0.2, 0) is 6.42 Å². The van der Waals surface area contributed by atoms with Gasteiger partial charge in [0.15, 0.2) is 6.04 Å². The van der Waals surface area contributed by atoms with E-state index in [0.717, 1.165) is 46.3 Å². The van der Waals surface area contributed by atoms with E-state index in [1.165, 1.54) is 4.57 Å². The van der Waals surface area contributed by atoms with Crippen molar-refractivity contribution >= 4 is 10.9 Å². The summed E-state index contributed by atoms with van der Waals surface area (Å²) >= 11 is 0. The van der Waals surface area contributed by atoms with Gasteiger partial charge in [-0.15, -0.1) is 0 Å². The molecule has 152 valence electrons. The molecule has 7 heteroatoms. The van der Waals surface area contributed by atoms with Gasteiger partial charge in [-0.1, -0.05) is 35.9 Å². The van der Waals surface area contributed by atoms with Gasteiger partial charge < -0.3 is 15.4 Å². The summed E-state index contributed by atoms with van der Waals surface area (Å²) in [4.78, 5) is 31.3. The van der Waals surface area contributed by atoms with Gasteiger partial charge in [0.05, 0.1) is 17.9 Å². The number of fused-ring (bicyclic) bond motifs is 3. The van der Waals surface area contributed by atoms with Crippen LogP contribution < -0.4 is 16.6 Å². The van der Waals surface area contributed by atoms with Gasteiger partial charge in [0.25, 0.3) is 5.56 Å². The third kappa shape index (κ3) is 2.70. The molecule has 5 N–H and O–H groups in total. The van der Waals surface area contributed by atoms with Gasteiger partial charge in [-0.25, -0.2) is 9.36 Å². The van der Waals surface area contributed by atoms with E-state index >= 15 is 0 Å². The molecule has 1 aliphatic rings. The zero-order valence-corrected chi connectivity index (χ0v) is 16.8. The van der Waals surface area contributed by atoms with Crippen LogP contribution in [0.5, 0.6) is 5.88 Å². The van der Waals surface area contributed by atoms with Crippen LogP contribution in [0.25, 0.3) is 16.6 Å². The Bertz CT molecular complexity index is 1410. The van der Waals surface area contributed by atoms with Gasteiger partial charge in [0.1, 0.15) is 5.56 Å². The Morgan fingerprint density at radius 3 is 2.70 bits per heavy atom. The molecule has 7 nitrogen and oxygen atoms in total. The average molecular weight is 403 g/mol. The fraction of sp³-hybridized carbons (Fsp3) is 0.217. The largest absolute Gasteiger partial charge is 0.494 e. The minimum Gasteiger partial charge on any atom is -0.494 e. The maximum absolute atomic E-state index is 12.8. The number of quaternary nitrogens is 1. The lowest BCUT2D eigenvalue weighted by Gasteiger charge is -2.22. The Kier molecular flexibility index (Phi) is 4.15. The Labute approximate surface area is 172 Å². The minimum absolute atomic E-state index is 0.182. The van der Waals surface area contributed by atoms with Gasteiger partial charge in [0.2, 0.25) is 5.88 Å². The number of aromatic amines is 2. The number of para-hydroxylation sites is 1. The summed E-state index contributed by atoms with van der Waals surface area (Å²) in [6.45, 7) is 4.62. The first-order valence-electron chi connectivity index (χ1n) is 10.0. The highest BCUT2D eigenvalue weighted by Gasteiger charge is 2.34. The Hall–Kier alpha value is -3.58. The summed E-state index contributed by atoms with van der Waals surface area (Å²) < 4.78 is 1.19. The fourth-order valence-corrected chi connectivity index (χ4v) is 4.63. The number of nitrogens with one attached hydrogen (secondary N) is 2. The van der Waals surface area contributed by atoms with E-state index in [0.29, 0.717) is 5.69 Å². The van der Waals surface area contributed by atoms with Crippen molar-refractivity contribution in [1.82, 2.24) is 14.5 Å². The predicted molar refractivity (Wildman–Crippen MR) is 114 cm³/mol. The smallest absolute Gasteiger partial charge is 0.335 e. The highest BCUT2D eigenvalue weighted by Crippen LogP contribution is 2.32. The maximum Gasteiger partial charge on any atom is 0.335 e. The molecule has 2 aromatic heterocycles. The number of hydrogen-bond acceptors (Lipinski definition) is 3. The molecule has 1 aliphatic heterocycles. The van der Waals surface area contributed by atoms with Crippen molar-refractivity contribution in [2.75, 3.05) is 6.54 Å². The van der Waals surface area contributed by atoms with Crippen molar-refractivity contribution in [1.29, 1.82) is 0 Å². The molecule has 1 atom stereocenters. The third-order valence-corrected chi connectivity index (χ3v) is 5.98. The van der Waals surface area contributed by atoms with Crippen LogP contribution in [0.2, 0.25) is 0 Å². The van der Waals surface area contributed by atoms with Gasteiger partial charge in [-0.3, -0.25) is 9.78 Å². The van der Waals surface area contributed by atoms with Crippen molar-refractivity contribution in [3.8, 4) is 11.6 Å². The number of nitrogens with two attached hydrogens (primary N) is 1. The van der Waals surface area contributed by atoms with Crippen LogP contribution in [-0.4, -0.2) is 26.2 Å². The summed E-state index contributed by atoms with van der Waals surface area (Å²) in [6, 6.07) is 13.2. The van der Waals surface area contributed by atoms with Crippen LogP contribution in [0.1, 0.15) is 34.0 Å². The lowest BCUT2D eigenvalue weighted by Crippen LogP contribution is -2.87. The summed E-state index contributed by atoms with van der Waals surface area (Å²) in [5.74, 6) is -0.316. The number of aryl methyl sites for hydroxylation is 2. The molecule has 0 bridgehead atoms. The highest BCUT2D eigenvalue weighted by atomic mass is 16.3. The molecule has 5 rings (SSSR count). The third-order valence-electron chi connectivity index (χ3n) is 5.98. The molecular weight excluding hydrogens is 380 g/mol. The highest BCUT2D eigenvalue weighted by molar-refractivity contribution is 5.85. The predicted octanol–water partition coefficient (Wildman–Crippen LogP) is 1.54. The number of benzene rings is 2. The zero-order chi connectivity index (χ0) is 21.0. The monoisotopic (exact) mass is 403 g/mol. The Morgan fingerprint density at radius 2 is 1.90 bits per heavy atom. The van der Waals surface area contributed by atoms with Crippen LogP contribution >= 0.6 is 0 Å². The van der Waals surface area contributed by atoms with E-state index < -0.39 is 17.3 Å². The van der Waals surface area contributed by atoms with Gasteiger partial charge >= 0.3 is 5.69 Å². The average Bonchev–Trinajstić information content (AvgIpc) is 3.09. The van der Waals surface area contributed by atoms with Crippen LogP contribution in [0.3, 0.4) is 0 Å². The molecule has 0 saturated carbocycles. The number of aromatic hydroxyl groups is 1. The first kappa shape index (κ1) is 18.4. The number of aromatic nitrogens is 3. The summed E-state index contributed by atoms with van der Waals surface area (Å²) in [5.41, 5.74) is 4.46. The molecule has 3 heterocycles. The summed E-state index contributed by atoms with van der Waals surface area (Å²) in [7, 11) is 0. The quantitative estimate of drug-likeness (QED) is 0.408.